The molecule has 6 nitrogen and oxygen atoms in total. The summed E-state index contributed by atoms with van der Waals surface area (Å²) in [6.07, 6.45) is 4.16. The van der Waals surface area contributed by atoms with Crippen LogP contribution in [0.4, 0.5) is 5.69 Å². The van der Waals surface area contributed by atoms with Gasteiger partial charge in [-0.1, -0.05) is 12.1 Å². The number of aromatic nitrogens is 1. The Morgan fingerprint density at radius 3 is 2.69 bits per heavy atom. The van der Waals surface area contributed by atoms with Crippen molar-refractivity contribution in [2.45, 2.75) is 31.7 Å². The van der Waals surface area contributed by atoms with Gasteiger partial charge >= 0.3 is 0 Å². The van der Waals surface area contributed by atoms with Crippen molar-refractivity contribution in [2.24, 2.45) is 5.92 Å². The van der Waals surface area contributed by atoms with E-state index in [1.165, 1.54) is 12.1 Å². The largest absolute Gasteiger partial charge is 0.508 e. The monoisotopic (exact) mass is 353 g/mol. The summed E-state index contributed by atoms with van der Waals surface area (Å²) in [6, 6.07) is 12.0. The molecule has 0 spiro atoms. The van der Waals surface area contributed by atoms with Crippen LogP contribution in [0.15, 0.2) is 48.7 Å². The van der Waals surface area contributed by atoms with Crippen molar-refractivity contribution >= 4 is 17.5 Å². The van der Waals surface area contributed by atoms with Gasteiger partial charge < -0.3 is 15.3 Å². The molecule has 1 aromatic heterocycles. The van der Waals surface area contributed by atoms with Crippen LogP contribution < -0.4 is 5.32 Å². The SMILES string of the molecule is CN(C(=O)CCC(=O)Nc1cccc(O)c1)C(c1ccccn1)C1CC1. The molecule has 0 radical (unpaired) electrons. The van der Waals surface area contributed by atoms with Gasteiger partial charge in [-0.2, -0.15) is 0 Å². The van der Waals surface area contributed by atoms with Crippen LogP contribution >= 0.6 is 0 Å². The number of anilines is 1. The van der Waals surface area contributed by atoms with Crippen LogP contribution in [0.3, 0.4) is 0 Å². The van der Waals surface area contributed by atoms with Crippen LogP contribution in [0.2, 0.25) is 0 Å². The number of benzene rings is 1. The number of rotatable bonds is 7. The van der Waals surface area contributed by atoms with Gasteiger partial charge in [0.05, 0.1) is 11.7 Å². The van der Waals surface area contributed by atoms with E-state index in [9.17, 15) is 14.7 Å². The van der Waals surface area contributed by atoms with E-state index in [2.05, 4.69) is 10.3 Å². The zero-order valence-corrected chi connectivity index (χ0v) is 14.8. The highest BCUT2D eigenvalue weighted by Gasteiger charge is 2.37. The molecule has 2 aromatic rings. The minimum Gasteiger partial charge on any atom is -0.508 e. The van der Waals surface area contributed by atoms with Gasteiger partial charge in [0.2, 0.25) is 11.8 Å². The van der Waals surface area contributed by atoms with E-state index in [1.54, 1.807) is 30.3 Å². The van der Waals surface area contributed by atoms with Gasteiger partial charge in [0.1, 0.15) is 5.75 Å². The van der Waals surface area contributed by atoms with Crippen LogP contribution in [0, 0.1) is 5.92 Å². The summed E-state index contributed by atoms with van der Waals surface area (Å²) in [5.74, 6) is 0.206. The molecular formula is C20H23N3O3. The molecule has 0 bridgehead atoms. The number of aromatic hydroxyl groups is 1. The molecule has 136 valence electrons. The minimum absolute atomic E-state index is 0.0298. The normalized spacial score (nSPS) is 14.5. The van der Waals surface area contributed by atoms with Crippen LogP contribution in [-0.2, 0) is 9.59 Å². The van der Waals surface area contributed by atoms with Crippen molar-refractivity contribution in [1.82, 2.24) is 9.88 Å². The predicted molar refractivity (Wildman–Crippen MR) is 98.4 cm³/mol. The Hall–Kier alpha value is -2.89. The van der Waals surface area contributed by atoms with Crippen molar-refractivity contribution in [3.05, 3.63) is 54.4 Å². The maximum Gasteiger partial charge on any atom is 0.224 e. The van der Waals surface area contributed by atoms with Crippen molar-refractivity contribution in [2.75, 3.05) is 12.4 Å². The fraction of sp³-hybridized carbons (Fsp3) is 0.350. The molecule has 3 rings (SSSR count). The highest BCUT2D eigenvalue weighted by atomic mass is 16.3. The number of phenols is 1. The summed E-state index contributed by atoms with van der Waals surface area (Å²) < 4.78 is 0. The first-order valence-electron chi connectivity index (χ1n) is 8.80. The zero-order chi connectivity index (χ0) is 18.5. The second-order valence-electron chi connectivity index (χ2n) is 6.64. The molecule has 1 atom stereocenters. The average molecular weight is 353 g/mol. The number of nitrogens with one attached hydrogen (secondary N) is 1. The highest BCUT2D eigenvalue weighted by Crippen LogP contribution is 2.43. The molecular weight excluding hydrogens is 330 g/mol. The van der Waals surface area contributed by atoms with Crippen molar-refractivity contribution < 1.29 is 14.7 Å². The fourth-order valence-corrected chi connectivity index (χ4v) is 3.08. The summed E-state index contributed by atoms with van der Waals surface area (Å²) in [6.45, 7) is 0. The maximum absolute atomic E-state index is 12.6. The Bertz CT molecular complexity index is 775. The fourth-order valence-electron chi connectivity index (χ4n) is 3.08. The van der Waals surface area contributed by atoms with E-state index in [4.69, 9.17) is 0 Å². The smallest absolute Gasteiger partial charge is 0.224 e. The van der Waals surface area contributed by atoms with E-state index in [0.717, 1.165) is 18.5 Å². The number of carbonyl (C=O) groups is 2. The van der Waals surface area contributed by atoms with E-state index >= 15 is 0 Å². The van der Waals surface area contributed by atoms with Gasteiger partial charge in [-0.05, 0) is 43.0 Å². The third-order valence-electron chi connectivity index (χ3n) is 4.57. The first-order valence-corrected chi connectivity index (χ1v) is 8.80. The molecule has 1 aliphatic rings. The molecule has 1 aliphatic carbocycles. The van der Waals surface area contributed by atoms with E-state index in [0.29, 0.717) is 11.6 Å². The molecule has 2 amide bonds. The molecule has 1 unspecified atom stereocenters. The number of nitrogens with zero attached hydrogens (tertiary/aromatic N) is 2. The van der Waals surface area contributed by atoms with Gasteiger partial charge in [-0.3, -0.25) is 14.6 Å². The standard InChI is InChI=1S/C20H23N3O3/c1-23(20(14-8-9-14)17-7-2-3-12-21-17)19(26)11-10-18(25)22-15-5-4-6-16(24)13-15/h2-7,12-14,20,24H,8-11H2,1H3,(H,22,25). The van der Waals surface area contributed by atoms with Crippen LogP contribution in [0.1, 0.15) is 37.4 Å². The van der Waals surface area contributed by atoms with Gasteiger partial charge in [0.15, 0.2) is 0 Å². The minimum atomic E-state index is -0.252. The zero-order valence-electron chi connectivity index (χ0n) is 14.8. The van der Waals surface area contributed by atoms with Crippen LogP contribution in [0.25, 0.3) is 0 Å². The van der Waals surface area contributed by atoms with Crippen LogP contribution in [0.5, 0.6) is 5.75 Å². The number of pyridine rings is 1. The molecule has 1 heterocycles. The lowest BCUT2D eigenvalue weighted by Crippen LogP contribution is -2.33. The Kier molecular flexibility index (Phi) is 5.51. The molecule has 26 heavy (non-hydrogen) atoms. The number of phenolic OH excluding ortho intramolecular Hbond substituents is 1. The van der Waals surface area contributed by atoms with Gasteiger partial charge in [-0.15, -0.1) is 0 Å². The van der Waals surface area contributed by atoms with Crippen molar-refractivity contribution in [3.63, 3.8) is 0 Å². The first-order chi connectivity index (χ1) is 12.5. The molecule has 1 saturated carbocycles. The third kappa shape index (κ3) is 4.59. The Morgan fingerprint density at radius 1 is 1.23 bits per heavy atom. The van der Waals surface area contributed by atoms with Gasteiger partial charge in [-0.25, -0.2) is 0 Å². The first kappa shape index (κ1) is 17.9. The Morgan fingerprint density at radius 2 is 2.04 bits per heavy atom. The van der Waals surface area contributed by atoms with Crippen molar-refractivity contribution in [3.8, 4) is 5.75 Å². The number of carbonyl (C=O) groups excluding carboxylic acids is 2. The lowest BCUT2D eigenvalue weighted by molar-refractivity contribution is -0.134. The van der Waals surface area contributed by atoms with Crippen molar-refractivity contribution in [1.29, 1.82) is 0 Å². The molecule has 1 fully saturated rings. The quantitative estimate of drug-likeness (QED) is 0.801. The number of amides is 2. The molecule has 0 aliphatic heterocycles. The molecule has 0 saturated heterocycles. The Balaban J connectivity index is 1.56. The summed E-state index contributed by atoms with van der Waals surface area (Å²) in [5.41, 5.74) is 1.41. The van der Waals surface area contributed by atoms with E-state index < -0.39 is 0 Å². The summed E-state index contributed by atoms with van der Waals surface area (Å²) in [5, 5.41) is 12.1. The van der Waals surface area contributed by atoms with Gasteiger partial charge in [0.25, 0.3) is 0 Å². The van der Waals surface area contributed by atoms with Gasteiger partial charge in [0, 0.05) is 37.8 Å². The Labute approximate surface area is 152 Å². The topological polar surface area (TPSA) is 82.5 Å². The summed E-state index contributed by atoms with van der Waals surface area (Å²) in [7, 11) is 1.78. The predicted octanol–water partition coefficient (Wildman–Crippen LogP) is 3.12. The lowest BCUT2D eigenvalue weighted by Gasteiger charge is -2.28. The molecule has 2 N–H and O–H groups in total. The van der Waals surface area contributed by atoms with E-state index in [1.807, 2.05) is 18.2 Å². The maximum atomic E-state index is 12.6. The molecule has 6 heteroatoms. The second kappa shape index (κ2) is 7.99. The number of hydrogen-bond acceptors (Lipinski definition) is 4. The third-order valence-corrected chi connectivity index (χ3v) is 4.57. The highest BCUT2D eigenvalue weighted by molar-refractivity contribution is 5.93. The lowest BCUT2D eigenvalue weighted by atomic mass is 10.1. The number of hydrogen-bond donors (Lipinski definition) is 2. The molecule has 1 aromatic carbocycles. The average Bonchev–Trinajstić information content (AvgIpc) is 3.45. The van der Waals surface area contributed by atoms with Crippen LogP contribution in [-0.4, -0.2) is 33.9 Å². The summed E-state index contributed by atoms with van der Waals surface area (Å²) >= 11 is 0. The summed E-state index contributed by atoms with van der Waals surface area (Å²) in [4.78, 5) is 30.8. The van der Waals surface area contributed by atoms with E-state index in [-0.39, 0.29) is 36.4 Å². The second-order valence-corrected chi connectivity index (χ2v) is 6.64.